The summed E-state index contributed by atoms with van der Waals surface area (Å²) in [5.74, 6) is 5.59. The molecule has 0 aromatic carbocycles. The molecular formula is C7H16N2O. The fourth-order valence-corrected chi connectivity index (χ4v) is 1.20. The van der Waals surface area contributed by atoms with Gasteiger partial charge in [-0.05, 0) is 19.8 Å². The first-order valence-corrected chi connectivity index (χ1v) is 3.71. The first kappa shape index (κ1) is 7.98. The van der Waals surface area contributed by atoms with E-state index in [1.807, 2.05) is 5.01 Å². The summed E-state index contributed by atoms with van der Waals surface area (Å²) in [5, 5.41) is 1.85. The highest BCUT2D eigenvalue weighted by Gasteiger charge is 2.28. The van der Waals surface area contributed by atoms with Gasteiger partial charge in [0.1, 0.15) is 0 Å². The number of hydrogen-bond donors (Lipinski definition) is 1. The normalized spacial score (nSPS) is 26.7. The summed E-state index contributed by atoms with van der Waals surface area (Å²) in [6.07, 6.45) is 2.08. The lowest BCUT2D eigenvalue weighted by Gasteiger charge is -2.36. The summed E-state index contributed by atoms with van der Waals surface area (Å²) in [6.45, 7) is 4.04. The van der Waals surface area contributed by atoms with Crippen molar-refractivity contribution in [3.63, 3.8) is 0 Å². The number of nitrogens with two attached hydrogens (primary N) is 1. The minimum absolute atomic E-state index is 0.0792. The van der Waals surface area contributed by atoms with Crippen LogP contribution in [0.4, 0.5) is 0 Å². The molecule has 1 heterocycles. The fourth-order valence-electron chi connectivity index (χ4n) is 1.20. The Morgan fingerprint density at radius 2 is 1.90 bits per heavy atom. The van der Waals surface area contributed by atoms with Crippen LogP contribution < -0.4 is 5.84 Å². The zero-order valence-electron chi connectivity index (χ0n) is 6.76. The van der Waals surface area contributed by atoms with Gasteiger partial charge in [-0.3, -0.25) is 5.84 Å². The van der Waals surface area contributed by atoms with Crippen molar-refractivity contribution in [2.75, 3.05) is 20.2 Å². The van der Waals surface area contributed by atoms with Crippen molar-refractivity contribution < 1.29 is 4.74 Å². The largest absolute Gasteiger partial charge is 0.378 e. The van der Waals surface area contributed by atoms with Gasteiger partial charge < -0.3 is 4.74 Å². The van der Waals surface area contributed by atoms with Crippen LogP contribution in [-0.2, 0) is 4.74 Å². The molecule has 1 saturated heterocycles. The summed E-state index contributed by atoms with van der Waals surface area (Å²) in [4.78, 5) is 0. The molecule has 0 aromatic rings. The van der Waals surface area contributed by atoms with Crippen molar-refractivity contribution in [3.8, 4) is 0 Å². The molecule has 10 heavy (non-hydrogen) atoms. The molecule has 0 saturated carbocycles. The van der Waals surface area contributed by atoms with Crippen molar-refractivity contribution in [1.29, 1.82) is 0 Å². The minimum Gasteiger partial charge on any atom is -0.378 e. The third kappa shape index (κ3) is 1.68. The van der Waals surface area contributed by atoms with Crippen molar-refractivity contribution in [1.82, 2.24) is 5.01 Å². The van der Waals surface area contributed by atoms with E-state index in [1.165, 1.54) is 0 Å². The van der Waals surface area contributed by atoms with Gasteiger partial charge in [-0.2, -0.15) is 0 Å². The Morgan fingerprint density at radius 3 is 2.30 bits per heavy atom. The van der Waals surface area contributed by atoms with E-state index in [0.717, 1.165) is 25.9 Å². The highest BCUT2D eigenvalue weighted by molar-refractivity contribution is 4.81. The van der Waals surface area contributed by atoms with Gasteiger partial charge in [-0.1, -0.05) is 0 Å². The average Bonchev–Trinajstić information content (AvgIpc) is 1.96. The van der Waals surface area contributed by atoms with Crippen LogP contribution >= 0.6 is 0 Å². The number of nitrogens with zero attached hydrogens (tertiary/aromatic N) is 1. The summed E-state index contributed by atoms with van der Waals surface area (Å²) in [5.41, 5.74) is 0.0792. The third-order valence-corrected chi connectivity index (χ3v) is 2.35. The fraction of sp³-hybridized carbons (Fsp3) is 1.00. The van der Waals surface area contributed by atoms with Gasteiger partial charge in [-0.15, -0.1) is 0 Å². The molecule has 1 aliphatic heterocycles. The highest BCUT2D eigenvalue weighted by Crippen LogP contribution is 2.22. The Hall–Kier alpha value is -0.120. The number of ether oxygens (including phenoxy) is 1. The van der Waals surface area contributed by atoms with E-state index in [2.05, 4.69) is 6.92 Å². The van der Waals surface area contributed by atoms with Crippen LogP contribution in [0.5, 0.6) is 0 Å². The lowest BCUT2D eigenvalue weighted by molar-refractivity contribution is -0.0428. The summed E-state index contributed by atoms with van der Waals surface area (Å²) in [7, 11) is 1.77. The lowest BCUT2D eigenvalue weighted by Crippen LogP contribution is -2.46. The van der Waals surface area contributed by atoms with E-state index in [9.17, 15) is 0 Å². The van der Waals surface area contributed by atoms with Crippen LogP contribution in [0.15, 0.2) is 0 Å². The first-order chi connectivity index (χ1) is 4.66. The van der Waals surface area contributed by atoms with E-state index in [-0.39, 0.29) is 5.60 Å². The Labute approximate surface area is 62.1 Å². The van der Waals surface area contributed by atoms with Gasteiger partial charge in [0.05, 0.1) is 5.60 Å². The Balaban J connectivity index is 2.38. The van der Waals surface area contributed by atoms with E-state index in [1.54, 1.807) is 7.11 Å². The van der Waals surface area contributed by atoms with Crippen LogP contribution in [0.25, 0.3) is 0 Å². The van der Waals surface area contributed by atoms with E-state index < -0.39 is 0 Å². The molecule has 1 fully saturated rings. The quantitative estimate of drug-likeness (QED) is 0.540. The molecule has 1 aliphatic rings. The number of hydrazine groups is 1. The molecule has 0 radical (unpaired) electrons. The van der Waals surface area contributed by atoms with Gasteiger partial charge in [-0.25, -0.2) is 5.01 Å². The van der Waals surface area contributed by atoms with Crippen LogP contribution in [-0.4, -0.2) is 30.8 Å². The molecule has 0 aliphatic carbocycles. The van der Waals surface area contributed by atoms with Crippen LogP contribution in [0, 0.1) is 0 Å². The number of hydrogen-bond acceptors (Lipinski definition) is 3. The molecular weight excluding hydrogens is 128 g/mol. The molecule has 3 heteroatoms. The zero-order chi connectivity index (χ0) is 7.61. The average molecular weight is 144 g/mol. The van der Waals surface area contributed by atoms with Crippen molar-refractivity contribution in [2.45, 2.75) is 25.4 Å². The SMILES string of the molecule is COC1(C)CCN(N)CC1. The summed E-state index contributed by atoms with van der Waals surface area (Å²) in [6, 6.07) is 0. The van der Waals surface area contributed by atoms with Crippen LogP contribution in [0.2, 0.25) is 0 Å². The molecule has 0 aromatic heterocycles. The predicted octanol–water partition coefficient (Wildman–Crippen LogP) is 0.361. The van der Waals surface area contributed by atoms with Gasteiger partial charge >= 0.3 is 0 Å². The number of methoxy groups -OCH3 is 1. The van der Waals surface area contributed by atoms with Crippen LogP contribution in [0.1, 0.15) is 19.8 Å². The maximum Gasteiger partial charge on any atom is 0.0676 e. The predicted molar refractivity (Wildman–Crippen MR) is 40.4 cm³/mol. The van der Waals surface area contributed by atoms with Gasteiger partial charge in [0.25, 0.3) is 0 Å². The Bertz CT molecular complexity index is 108. The second-order valence-corrected chi connectivity index (χ2v) is 3.19. The molecule has 2 N–H and O–H groups in total. The van der Waals surface area contributed by atoms with Crippen LogP contribution in [0.3, 0.4) is 0 Å². The molecule has 0 bridgehead atoms. The number of piperidine rings is 1. The van der Waals surface area contributed by atoms with E-state index >= 15 is 0 Å². The molecule has 0 amide bonds. The van der Waals surface area contributed by atoms with Gasteiger partial charge in [0, 0.05) is 20.2 Å². The smallest absolute Gasteiger partial charge is 0.0676 e. The highest BCUT2D eigenvalue weighted by atomic mass is 16.5. The Morgan fingerprint density at radius 1 is 1.40 bits per heavy atom. The standard InChI is InChI=1S/C7H16N2O/c1-7(10-2)3-5-9(8)6-4-7/h3-6,8H2,1-2H3. The van der Waals surface area contributed by atoms with Crippen molar-refractivity contribution >= 4 is 0 Å². The third-order valence-electron chi connectivity index (χ3n) is 2.35. The topological polar surface area (TPSA) is 38.5 Å². The summed E-state index contributed by atoms with van der Waals surface area (Å²) < 4.78 is 5.34. The van der Waals surface area contributed by atoms with Gasteiger partial charge in [0.15, 0.2) is 0 Å². The van der Waals surface area contributed by atoms with Crippen molar-refractivity contribution in [3.05, 3.63) is 0 Å². The van der Waals surface area contributed by atoms with E-state index in [4.69, 9.17) is 10.6 Å². The van der Waals surface area contributed by atoms with Crippen molar-refractivity contribution in [2.24, 2.45) is 5.84 Å². The number of rotatable bonds is 1. The zero-order valence-corrected chi connectivity index (χ0v) is 6.76. The maximum absolute atomic E-state index is 5.59. The second kappa shape index (κ2) is 2.86. The van der Waals surface area contributed by atoms with Gasteiger partial charge in [0.2, 0.25) is 0 Å². The monoisotopic (exact) mass is 144 g/mol. The molecule has 1 rings (SSSR count). The Kier molecular flexibility index (Phi) is 2.28. The molecule has 0 spiro atoms. The molecule has 0 unspecified atom stereocenters. The second-order valence-electron chi connectivity index (χ2n) is 3.19. The molecule has 0 atom stereocenters. The first-order valence-electron chi connectivity index (χ1n) is 3.71. The molecule has 60 valence electrons. The maximum atomic E-state index is 5.59. The lowest BCUT2D eigenvalue weighted by atomic mass is 9.94. The summed E-state index contributed by atoms with van der Waals surface area (Å²) >= 11 is 0. The van der Waals surface area contributed by atoms with E-state index in [0.29, 0.717) is 0 Å². The molecule has 3 nitrogen and oxygen atoms in total. The minimum atomic E-state index is 0.0792.